The summed E-state index contributed by atoms with van der Waals surface area (Å²) >= 11 is 0. The topological polar surface area (TPSA) is 69.9 Å². The lowest BCUT2D eigenvalue weighted by Gasteiger charge is -2.02. The summed E-state index contributed by atoms with van der Waals surface area (Å²) in [6.07, 6.45) is 2.02. The van der Waals surface area contributed by atoms with Crippen LogP contribution in [0, 0.1) is 6.92 Å². The first-order valence-corrected chi connectivity index (χ1v) is 5.83. The molecule has 0 unspecified atom stereocenters. The molecule has 0 aliphatic rings. The molecule has 0 bridgehead atoms. The molecule has 92 valence electrons. The van der Waals surface area contributed by atoms with Crippen molar-refractivity contribution in [3.63, 3.8) is 0 Å². The number of aryl methyl sites for hydroxylation is 1. The summed E-state index contributed by atoms with van der Waals surface area (Å²) in [5, 5.41) is 4.96. The maximum atomic E-state index is 5.63. The highest BCUT2D eigenvalue weighted by molar-refractivity contribution is 5.80. The Morgan fingerprint density at radius 3 is 2.94 bits per heavy atom. The lowest BCUT2D eigenvalue weighted by Crippen LogP contribution is -1.99. The van der Waals surface area contributed by atoms with Crippen LogP contribution in [0.4, 0.5) is 0 Å². The molecule has 2 heterocycles. The minimum absolute atomic E-state index is 0.559. The highest BCUT2D eigenvalue weighted by Gasteiger charge is 2.06. The van der Waals surface area contributed by atoms with Crippen LogP contribution in [-0.4, -0.2) is 14.7 Å². The van der Waals surface area contributed by atoms with E-state index in [1.54, 1.807) is 0 Å². The fraction of sp³-hybridized carbons (Fsp3) is 0.231. The Hall–Kier alpha value is -2.14. The number of aromatic nitrogens is 3. The Balaban J connectivity index is 1.97. The highest BCUT2D eigenvalue weighted by Crippen LogP contribution is 2.18. The SMILES string of the molecule is Cc1noc(Cn2ccc3cc(CN)ccc32)n1. The lowest BCUT2D eigenvalue weighted by atomic mass is 10.1. The first-order valence-electron chi connectivity index (χ1n) is 5.83. The molecule has 1 aromatic carbocycles. The Kier molecular flexibility index (Phi) is 2.60. The lowest BCUT2D eigenvalue weighted by molar-refractivity contribution is 0.369. The standard InChI is InChI=1S/C13H14N4O/c1-9-15-13(18-16-9)8-17-5-4-11-6-10(7-14)2-3-12(11)17/h2-6H,7-8,14H2,1H3. The maximum Gasteiger partial charge on any atom is 0.246 e. The van der Waals surface area contributed by atoms with Crippen LogP contribution in [-0.2, 0) is 13.1 Å². The van der Waals surface area contributed by atoms with Gasteiger partial charge in [-0.15, -0.1) is 0 Å². The van der Waals surface area contributed by atoms with Gasteiger partial charge < -0.3 is 14.8 Å². The van der Waals surface area contributed by atoms with Gasteiger partial charge in [-0.2, -0.15) is 4.98 Å². The van der Waals surface area contributed by atoms with Crippen molar-refractivity contribution in [2.24, 2.45) is 5.73 Å². The van der Waals surface area contributed by atoms with Gasteiger partial charge in [-0.25, -0.2) is 0 Å². The average molecular weight is 242 g/mol. The molecule has 0 aliphatic carbocycles. The van der Waals surface area contributed by atoms with Crippen molar-refractivity contribution in [1.29, 1.82) is 0 Å². The van der Waals surface area contributed by atoms with Gasteiger partial charge in [0.05, 0.1) is 0 Å². The van der Waals surface area contributed by atoms with Gasteiger partial charge in [-0.3, -0.25) is 0 Å². The van der Waals surface area contributed by atoms with Gasteiger partial charge in [0, 0.05) is 18.3 Å². The number of hydrogen-bond donors (Lipinski definition) is 1. The van der Waals surface area contributed by atoms with Crippen molar-refractivity contribution in [1.82, 2.24) is 14.7 Å². The molecule has 0 amide bonds. The molecule has 2 N–H and O–H groups in total. The fourth-order valence-electron chi connectivity index (χ4n) is 2.06. The van der Waals surface area contributed by atoms with E-state index >= 15 is 0 Å². The maximum absolute atomic E-state index is 5.63. The minimum Gasteiger partial charge on any atom is -0.338 e. The third-order valence-electron chi connectivity index (χ3n) is 2.95. The molecule has 0 atom stereocenters. The molecule has 18 heavy (non-hydrogen) atoms. The van der Waals surface area contributed by atoms with Crippen molar-refractivity contribution in [3.05, 3.63) is 47.7 Å². The second-order valence-corrected chi connectivity index (χ2v) is 4.28. The zero-order valence-corrected chi connectivity index (χ0v) is 10.1. The van der Waals surface area contributed by atoms with Crippen molar-refractivity contribution in [3.8, 4) is 0 Å². The fourth-order valence-corrected chi connectivity index (χ4v) is 2.06. The molecule has 0 saturated heterocycles. The Morgan fingerprint density at radius 1 is 1.33 bits per heavy atom. The van der Waals surface area contributed by atoms with E-state index < -0.39 is 0 Å². The molecule has 3 aromatic rings. The van der Waals surface area contributed by atoms with Gasteiger partial charge in [0.15, 0.2) is 5.82 Å². The van der Waals surface area contributed by atoms with E-state index in [-0.39, 0.29) is 0 Å². The van der Waals surface area contributed by atoms with Gasteiger partial charge in [-0.05, 0) is 36.1 Å². The van der Waals surface area contributed by atoms with Crippen LogP contribution >= 0.6 is 0 Å². The van der Waals surface area contributed by atoms with Crippen LogP contribution < -0.4 is 5.73 Å². The molecule has 5 heteroatoms. The summed E-state index contributed by atoms with van der Waals surface area (Å²) in [7, 11) is 0. The Morgan fingerprint density at radius 2 is 2.22 bits per heavy atom. The van der Waals surface area contributed by atoms with Gasteiger partial charge >= 0.3 is 0 Å². The summed E-state index contributed by atoms with van der Waals surface area (Å²) in [5.41, 5.74) is 7.91. The molecule has 5 nitrogen and oxygen atoms in total. The summed E-state index contributed by atoms with van der Waals surface area (Å²) in [5.74, 6) is 1.28. The van der Waals surface area contributed by atoms with E-state index in [0.717, 1.165) is 11.1 Å². The summed E-state index contributed by atoms with van der Waals surface area (Å²) in [6, 6.07) is 8.28. The van der Waals surface area contributed by atoms with Crippen molar-refractivity contribution in [2.45, 2.75) is 20.0 Å². The molecule has 3 rings (SSSR count). The van der Waals surface area contributed by atoms with Crippen LogP contribution in [0.2, 0.25) is 0 Å². The molecule has 0 aliphatic heterocycles. The van der Waals surface area contributed by atoms with E-state index in [0.29, 0.717) is 24.8 Å². The molecule has 0 saturated carbocycles. The van der Waals surface area contributed by atoms with Crippen molar-refractivity contribution >= 4 is 10.9 Å². The van der Waals surface area contributed by atoms with Crippen LogP contribution in [0.15, 0.2) is 35.0 Å². The second kappa shape index (κ2) is 4.27. The molecule has 0 spiro atoms. The normalized spacial score (nSPS) is 11.2. The largest absolute Gasteiger partial charge is 0.338 e. The summed E-state index contributed by atoms with van der Waals surface area (Å²) in [4.78, 5) is 4.21. The number of nitrogens with zero attached hydrogens (tertiary/aromatic N) is 3. The van der Waals surface area contributed by atoms with Gasteiger partial charge in [0.25, 0.3) is 0 Å². The zero-order valence-electron chi connectivity index (χ0n) is 10.1. The third-order valence-corrected chi connectivity index (χ3v) is 2.95. The third kappa shape index (κ3) is 1.89. The monoisotopic (exact) mass is 242 g/mol. The molecular weight excluding hydrogens is 228 g/mol. The Labute approximate surface area is 104 Å². The number of fused-ring (bicyclic) bond motifs is 1. The first-order chi connectivity index (χ1) is 8.76. The Bertz CT molecular complexity index is 683. The summed E-state index contributed by atoms with van der Waals surface area (Å²) < 4.78 is 7.22. The van der Waals surface area contributed by atoms with Crippen LogP contribution in [0.5, 0.6) is 0 Å². The molecule has 0 radical (unpaired) electrons. The van der Waals surface area contributed by atoms with Crippen LogP contribution in [0.1, 0.15) is 17.3 Å². The number of benzene rings is 1. The summed E-state index contributed by atoms with van der Waals surface area (Å²) in [6.45, 7) is 2.96. The van der Waals surface area contributed by atoms with E-state index in [2.05, 4.69) is 32.9 Å². The zero-order chi connectivity index (χ0) is 12.5. The van der Waals surface area contributed by atoms with E-state index in [1.165, 1.54) is 5.39 Å². The van der Waals surface area contributed by atoms with Crippen molar-refractivity contribution < 1.29 is 4.52 Å². The van der Waals surface area contributed by atoms with Gasteiger partial charge in [0.1, 0.15) is 6.54 Å². The predicted molar refractivity (Wildman–Crippen MR) is 68.0 cm³/mol. The number of hydrogen-bond acceptors (Lipinski definition) is 4. The van der Waals surface area contributed by atoms with Gasteiger partial charge in [-0.1, -0.05) is 11.2 Å². The molecule has 0 fully saturated rings. The average Bonchev–Trinajstić information content (AvgIpc) is 2.96. The second-order valence-electron chi connectivity index (χ2n) is 4.28. The van der Waals surface area contributed by atoms with Gasteiger partial charge in [0.2, 0.25) is 5.89 Å². The predicted octanol–water partition coefficient (Wildman–Crippen LogP) is 1.84. The smallest absolute Gasteiger partial charge is 0.246 e. The molecule has 2 aromatic heterocycles. The quantitative estimate of drug-likeness (QED) is 0.760. The van der Waals surface area contributed by atoms with E-state index in [1.807, 2.05) is 19.2 Å². The first kappa shape index (κ1) is 11.0. The van der Waals surface area contributed by atoms with Crippen LogP contribution in [0.3, 0.4) is 0 Å². The van der Waals surface area contributed by atoms with Crippen molar-refractivity contribution in [2.75, 3.05) is 0 Å². The minimum atomic E-state index is 0.559. The van der Waals surface area contributed by atoms with Crippen LogP contribution in [0.25, 0.3) is 10.9 Å². The number of rotatable bonds is 3. The highest BCUT2D eigenvalue weighted by atomic mass is 16.5. The van der Waals surface area contributed by atoms with E-state index in [9.17, 15) is 0 Å². The van der Waals surface area contributed by atoms with E-state index in [4.69, 9.17) is 10.3 Å². The molecular formula is C13H14N4O. The number of nitrogens with two attached hydrogens (primary N) is 1.